The molecule has 1 aliphatic heterocycles. The van der Waals surface area contributed by atoms with Crippen LogP contribution in [-0.4, -0.2) is 30.3 Å². The van der Waals surface area contributed by atoms with Gasteiger partial charge in [0.2, 0.25) is 0 Å². The molecule has 106 valence electrons. The number of hydrogen-bond acceptors (Lipinski definition) is 3. The molecule has 2 N–H and O–H groups in total. The van der Waals surface area contributed by atoms with Gasteiger partial charge in [-0.25, -0.2) is 0 Å². The summed E-state index contributed by atoms with van der Waals surface area (Å²) in [4.78, 5) is 12.0. The van der Waals surface area contributed by atoms with E-state index in [1.165, 1.54) is 0 Å². The molecule has 0 aliphatic carbocycles. The van der Waals surface area contributed by atoms with E-state index >= 15 is 0 Å². The van der Waals surface area contributed by atoms with E-state index < -0.39 is 0 Å². The number of carbonyl (C=O) groups excluding carboxylic acids is 1. The lowest BCUT2D eigenvalue weighted by molar-refractivity contribution is -0.126. The van der Waals surface area contributed by atoms with E-state index in [-0.39, 0.29) is 24.5 Å². The highest BCUT2D eigenvalue weighted by molar-refractivity contribution is 5.94. The molecule has 1 saturated heterocycles. The van der Waals surface area contributed by atoms with Gasteiger partial charge < -0.3 is 15.2 Å². The molecule has 0 aromatic heterocycles. The molecule has 1 amide bonds. The number of benzene rings is 1. The molecule has 0 spiro atoms. The summed E-state index contributed by atoms with van der Waals surface area (Å²) >= 11 is 0. The highest BCUT2D eigenvalue weighted by Gasteiger charge is 2.30. The van der Waals surface area contributed by atoms with Gasteiger partial charge in [-0.3, -0.25) is 4.79 Å². The number of amides is 1. The molecule has 0 radical (unpaired) electrons. The van der Waals surface area contributed by atoms with Crippen LogP contribution >= 0.6 is 0 Å². The molecule has 2 rings (SSSR count). The van der Waals surface area contributed by atoms with Crippen molar-refractivity contribution in [3.05, 3.63) is 29.8 Å². The second-order valence-corrected chi connectivity index (χ2v) is 4.90. The quantitative estimate of drug-likeness (QED) is 0.825. The van der Waals surface area contributed by atoms with Crippen LogP contribution in [0.4, 0.5) is 5.69 Å². The maximum Gasteiger partial charge on any atom is 0.253 e. The first-order valence-corrected chi connectivity index (χ1v) is 6.83. The Bertz CT molecular complexity index is 513. The first kappa shape index (κ1) is 14.6. The summed E-state index contributed by atoms with van der Waals surface area (Å²) in [6, 6.07) is 7.33. The number of nitrogens with one attached hydrogen (secondary N) is 1. The maximum atomic E-state index is 12.0. The zero-order valence-electron chi connectivity index (χ0n) is 11.6. The molecule has 0 saturated carbocycles. The lowest BCUT2D eigenvalue weighted by Crippen LogP contribution is -2.31. The first-order valence-electron chi connectivity index (χ1n) is 6.83. The molecule has 1 aliphatic rings. The minimum Gasteiger partial charge on any atom is -0.395 e. The second-order valence-electron chi connectivity index (χ2n) is 4.90. The molecule has 2 atom stereocenters. The van der Waals surface area contributed by atoms with Crippen molar-refractivity contribution in [3.8, 4) is 11.8 Å². The molecule has 1 aromatic carbocycles. The third-order valence-corrected chi connectivity index (χ3v) is 3.27. The maximum absolute atomic E-state index is 12.0. The highest BCUT2D eigenvalue weighted by Crippen LogP contribution is 2.21. The van der Waals surface area contributed by atoms with Gasteiger partial charge in [-0.1, -0.05) is 18.8 Å². The molecule has 1 aromatic rings. The van der Waals surface area contributed by atoms with Gasteiger partial charge in [-0.15, -0.1) is 0 Å². The fraction of sp³-hybridized carbons (Fsp3) is 0.438. The van der Waals surface area contributed by atoms with E-state index in [4.69, 9.17) is 9.84 Å². The van der Waals surface area contributed by atoms with Crippen LogP contribution < -0.4 is 5.32 Å². The van der Waals surface area contributed by atoms with E-state index in [0.29, 0.717) is 13.0 Å². The van der Waals surface area contributed by atoms with Crippen molar-refractivity contribution < 1.29 is 14.6 Å². The average molecular weight is 273 g/mol. The van der Waals surface area contributed by atoms with Crippen molar-refractivity contribution in [1.29, 1.82) is 0 Å². The standard InChI is InChI=1S/C16H19NO3/c1-12-9-11-20-15(12)16(19)17-14-7-5-13(6-8-14)4-2-3-10-18/h5-8,12,15,18H,3,9-11H2,1H3,(H,17,19). The minimum absolute atomic E-state index is 0.0702. The highest BCUT2D eigenvalue weighted by atomic mass is 16.5. The number of hydrogen-bond donors (Lipinski definition) is 2. The van der Waals surface area contributed by atoms with Crippen molar-refractivity contribution in [1.82, 2.24) is 0 Å². The van der Waals surface area contributed by atoms with Crippen molar-refractivity contribution in [3.63, 3.8) is 0 Å². The number of aliphatic hydroxyl groups excluding tert-OH is 1. The van der Waals surface area contributed by atoms with Crippen LogP contribution in [0.5, 0.6) is 0 Å². The number of ether oxygens (including phenoxy) is 1. The monoisotopic (exact) mass is 273 g/mol. The number of carbonyl (C=O) groups is 1. The van der Waals surface area contributed by atoms with Crippen LogP contribution in [0.25, 0.3) is 0 Å². The summed E-state index contributed by atoms with van der Waals surface area (Å²) in [6.07, 6.45) is 1.05. The van der Waals surface area contributed by atoms with Crippen molar-refractivity contribution in [2.75, 3.05) is 18.5 Å². The Morgan fingerprint density at radius 2 is 2.20 bits per heavy atom. The summed E-state index contributed by atoms with van der Waals surface area (Å²) in [5, 5.41) is 11.5. The van der Waals surface area contributed by atoms with Gasteiger partial charge in [-0.05, 0) is 36.6 Å². The summed E-state index contributed by atoms with van der Waals surface area (Å²) in [6.45, 7) is 2.75. The van der Waals surface area contributed by atoms with Crippen molar-refractivity contribution >= 4 is 11.6 Å². The lowest BCUT2D eigenvalue weighted by atomic mass is 10.0. The Labute approximate surface area is 119 Å². The van der Waals surface area contributed by atoms with Crippen LogP contribution in [0.15, 0.2) is 24.3 Å². The van der Waals surface area contributed by atoms with Gasteiger partial charge >= 0.3 is 0 Å². The fourth-order valence-corrected chi connectivity index (χ4v) is 2.10. The van der Waals surface area contributed by atoms with E-state index in [2.05, 4.69) is 17.2 Å². The normalized spacial score (nSPS) is 21.1. The molecule has 4 heteroatoms. The molecular formula is C16H19NO3. The number of aliphatic hydroxyl groups is 1. The average Bonchev–Trinajstić information content (AvgIpc) is 2.87. The molecule has 1 heterocycles. The van der Waals surface area contributed by atoms with Gasteiger partial charge in [0.1, 0.15) is 6.10 Å². The topological polar surface area (TPSA) is 58.6 Å². The third-order valence-electron chi connectivity index (χ3n) is 3.27. The van der Waals surface area contributed by atoms with Crippen LogP contribution in [-0.2, 0) is 9.53 Å². The summed E-state index contributed by atoms with van der Waals surface area (Å²) in [5.74, 6) is 5.97. The Morgan fingerprint density at radius 3 is 2.80 bits per heavy atom. The van der Waals surface area contributed by atoms with Crippen molar-refractivity contribution in [2.45, 2.75) is 25.9 Å². The van der Waals surface area contributed by atoms with E-state index in [1.54, 1.807) is 0 Å². The molecule has 0 bridgehead atoms. The van der Waals surface area contributed by atoms with Crippen LogP contribution in [0, 0.1) is 17.8 Å². The summed E-state index contributed by atoms with van der Waals surface area (Å²) in [7, 11) is 0. The van der Waals surface area contributed by atoms with Gasteiger partial charge in [0.15, 0.2) is 0 Å². The number of rotatable bonds is 3. The first-order chi connectivity index (χ1) is 9.70. The zero-order valence-corrected chi connectivity index (χ0v) is 11.6. The molecule has 1 fully saturated rings. The minimum atomic E-state index is -0.348. The third kappa shape index (κ3) is 3.83. The van der Waals surface area contributed by atoms with Crippen LogP contribution in [0.1, 0.15) is 25.3 Å². The Kier molecular flexibility index (Phi) is 5.16. The molecule has 4 nitrogen and oxygen atoms in total. The molecule has 20 heavy (non-hydrogen) atoms. The summed E-state index contributed by atoms with van der Waals surface area (Å²) < 4.78 is 5.43. The predicted octanol–water partition coefficient (Wildman–Crippen LogP) is 1.78. The van der Waals surface area contributed by atoms with E-state index in [1.807, 2.05) is 31.2 Å². The van der Waals surface area contributed by atoms with Gasteiger partial charge in [0, 0.05) is 24.3 Å². The van der Waals surface area contributed by atoms with E-state index in [0.717, 1.165) is 17.7 Å². The Balaban J connectivity index is 1.94. The van der Waals surface area contributed by atoms with Crippen molar-refractivity contribution in [2.24, 2.45) is 5.92 Å². The lowest BCUT2D eigenvalue weighted by Gasteiger charge is -2.14. The van der Waals surface area contributed by atoms with Gasteiger partial charge in [0.05, 0.1) is 6.61 Å². The molecule has 2 unspecified atom stereocenters. The van der Waals surface area contributed by atoms with Crippen LogP contribution in [0.3, 0.4) is 0 Å². The Morgan fingerprint density at radius 1 is 1.45 bits per heavy atom. The second kappa shape index (κ2) is 7.09. The predicted molar refractivity (Wildman–Crippen MR) is 77.2 cm³/mol. The molecular weight excluding hydrogens is 254 g/mol. The number of anilines is 1. The zero-order chi connectivity index (χ0) is 14.4. The summed E-state index contributed by atoms with van der Waals surface area (Å²) in [5.41, 5.74) is 1.60. The Hall–Kier alpha value is -1.83. The van der Waals surface area contributed by atoms with Gasteiger partial charge in [0.25, 0.3) is 5.91 Å². The van der Waals surface area contributed by atoms with E-state index in [9.17, 15) is 4.79 Å². The fourth-order valence-electron chi connectivity index (χ4n) is 2.10. The van der Waals surface area contributed by atoms with Gasteiger partial charge in [-0.2, -0.15) is 0 Å². The SMILES string of the molecule is CC1CCOC1C(=O)Nc1ccc(C#CCCO)cc1. The smallest absolute Gasteiger partial charge is 0.253 e. The van der Waals surface area contributed by atoms with Crippen LogP contribution in [0.2, 0.25) is 0 Å². The largest absolute Gasteiger partial charge is 0.395 e.